The van der Waals surface area contributed by atoms with Gasteiger partial charge in [-0.3, -0.25) is 4.90 Å². The van der Waals surface area contributed by atoms with Crippen molar-refractivity contribution in [2.75, 3.05) is 50.8 Å². The number of tetrazole rings is 1. The van der Waals surface area contributed by atoms with Crippen molar-refractivity contribution in [1.82, 2.24) is 25.1 Å². The summed E-state index contributed by atoms with van der Waals surface area (Å²) < 4.78 is 7.32. The lowest BCUT2D eigenvalue weighted by Gasteiger charge is -2.35. The van der Waals surface area contributed by atoms with Crippen LogP contribution in [-0.2, 0) is 4.74 Å². The molecular formula is C17H24N6O. The minimum absolute atomic E-state index is 0.703. The number of hydrogen-bond acceptors (Lipinski definition) is 6. The van der Waals surface area contributed by atoms with Crippen molar-refractivity contribution in [2.45, 2.75) is 13.3 Å². The van der Waals surface area contributed by atoms with E-state index in [9.17, 15) is 0 Å². The first-order valence-electron chi connectivity index (χ1n) is 8.70. The second-order valence-corrected chi connectivity index (χ2v) is 6.74. The monoisotopic (exact) mass is 328 g/mol. The zero-order chi connectivity index (χ0) is 16.4. The van der Waals surface area contributed by atoms with E-state index in [1.807, 2.05) is 4.68 Å². The summed E-state index contributed by atoms with van der Waals surface area (Å²) in [6, 6.07) is 8.29. The Morgan fingerprint density at radius 2 is 1.92 bits per heavy atom. The molecule has 0 aliphatic carbocycles. The lowest BCUT2D eigenvalue weighted by Crippen LogP contribution is -2.48. The SMILES string of the molecule is Cc1ccc(-n2nnnc2N2CCN(CC3CCOC3)CC2)cc1. The summed E-state index contributed by atoms with van der Waals surface area (Å²) in [4.78, 5) is 4.82. The van der Waals surface area contributed by atoms with Crippen LogP contribution >= 0.6 is 0 Å². The Hall–Kier alpha value is -1.99. The van der Waals surface area contributed by atoms with Gasteiger partial charge in [0.15, 0.2) is 0 Å². The molecule has 7 nitrogen and oxygen atoms in total. The molecule has 1 aromatic heterocycles. The number of benzene rings is 1. The van der Waals surface area contributed by atoms with E-state index in [4.69, 9.17) is 4.74 Å². The van der Waals surface area contributed by atoms with Crippen molar-refractivity contribution >= 4 is 5.95 Å². The van der Waals surface area contributed by atoms with Crippen LogP contribution in [0.4, 0.5) is 5.95 Å². The maximum absolute atomic E-state index is 5.48. The second-order valence-electron chi connectivity index (χ2n) is 6.74. The molecule has 1 atom stereocenters. The van der Waals surface area contributed by atoms with Gasteiger partial charge in [-0.2, -0.15) is 4.68 Å². The van der Waals surface area contributed by atoms with E-state index in [0.717, 1.165) is 57.6 Å². The Balaban J connectivity index is 1.41. The highest BCUT2D eigenvalue weighted by atomic mass is 16.5. The smallest absolute Gasteiger partial charge is 0.250 e. The molecule has 4 rings (SSSR count). The van der Waals surface area contributed by atoms with Crippen LogP contribution < -0.4 is 4.90 Å². The number of nitrogens with zero attached hydrogens (tertiary/aromatic N) is 6. The standard InChI is InChI=1S/C17H24N6O/c1-14-2-4-16(5-3-14)23-17(18-19-20-23)22-9-7-21(8-10-22)12-15-6-11-24-13-15/h2-5,15H,6-13H2,1H3. The summed E-state index contributed by atoms with van der Waals surface area (Å²) in [7, 11) is 0. The molecule has 7 heteroatoms. The summed E-state index contributed by atoms with van der Waals surface area (Å²) in [6.07, 6.45) is 1.20. The molecule has 1 aromatic carbocycles. The van der Waals surface area contributed by atoms with E-state index in [0.29, 0.717) is 5.92 Å². The van der Waals surface area contributed by atoms with Gasteiger partial charge in [0.1, 0.15) is 0 Å². The largest absolute Gasteiger partial charge is 0.381 e. The van der Waals surface area contributed by atoms with Crippen molar-refractivity contribution in [1.29, 1.82) is 0 Å². The van der Waals surface area contributed by atoms with Crippen LogP contribution in [-0.4, -0.2) is 71.0 Å². The Kier molecular flexibility index (Phi) is 4.44. The van der Waals surface area contributed by atoms with Gasteiger partial charge in [0, 0.05) is 39.3 Å². The quantitative estimate of drug-likeness (QED) is 0.838. The van der Waals surface area contributed by atoms with Gasteiger partial charge >= 0.3 is 0 Å². The fraction of sp³-hybridized carbons (Fsp3) is 0.588. The molecule has 0 bridgehead atoms. The molecule has 0 radical (unpaired) electrons. The van der Waals surface area contributed by atoms with E-state index in [1.54, 1.807) is 0 Å². The summed E-state index contributed by atoms with van der Waals surface area (Å²) in [5.74, 6) is 1.54. The first-order chi connectivity index (χ1) is 11.8. The normalized spacial score (nSPS) is 22.2. The Labute approximate surface area is 142 Å². The number of aromatic nitrogens is 4. The number of aryl methyl sites for hydroxylation is 1. The maximum atomic E-state index is 5.48. The van der Waals surface area contributed by atoms with Crippen LogP contribution in [0.25, 0.3) is 5.69 Å². The molecule has 0 saturated carbocycles. The second kappa shape index (κ2) is 6.86. The Bertz CT molecular complexity index is 656. The molecular weight excluding hydrogens is 304 g/mol. The van der Waals surface area contributed by atoms with E-state index in [1.165, 1.54) is 12.0 Å². The van der Waals surface area contributed by atoms with Crippen molar-refractivity contribution in [2.24, 2.45) is 5.92 Å². The van der Waals surface area contributed by atoms with Gasteiger partial charge in [0.2, 0.25) is 5.95 Å². The first kappa shape index (κ1) is 15.5. The zero-order valence-corrected chi connectivity index (χ0v) is 14.1. The predicted molar refractivity (Wildman–Crippen MR) is 91.5 cm³/mol. The van der Waals surface area contributed by atoms with Crippen LogP contribution in [0.1, 0.15) is 12.0 Å². The van der Waals surface area contributed by atoms with Gasteiger partial charge in [0.05, 0.1) is 12.3 Å². The van der Waals surface area contributed by atoms with Crippen LogP contribution in [0.15, 0.2) is 24.3 Å². The highest BCUT2D eigenvalue weighted by Gasteiger charge is 2.25. The van der Waals surface area contributed by atoms with Crippen molar-refractivity contribution in [3.05, 3.63) is 29.8 Å². The van der Waals surface area contributed by atoms with Crippen LogP contribution in [0.5, 0.6) is 0 Å². The number of hydrogen-bond donors (Lipinski definition) is 0. The van der Waals surface area contributed by atoms with Crippen LogP contribution in [0, 0.1) is 12.8 Å². The molecule has 2 aromatic rings. The highest BCUT2D eigenvalue weighted by Crippen LogP contribution is 2.19. The average molecular weight is 328 g/mol. The molecule has 2 fully saturated rings. The van der Waals surface area contributed by atoms with Gasteiger partial charge in [-0.15, -0.1) is 0 Å². The molecule has 24 heavy (non-hydrogen) atoms. The number of ether oxygens (including phenoxy) is 1. The van der Waals surface area contributed by atoms with Crippen LogP contribution in [0.3, 0.4) is 0 Å². The lowest BCUT2D eigenvalue weighted by atomic mass is 10.1. The molecule has 1 unspecified atom stereocenters. The predicted octanol–water partition coefficient (Wildman–Crippen LogP) is 1.13. The zero-order valence-electron chi connectivity index (χ0n) is 14.1. The molecule has 2 aliphatic heterocycles. The van der Waals surface area contributed by atoms with Crippen molar-refractivity contribution in [3.63, 3.8) is 0 Å². The third kappa shape index (κ3) is 3.27. The average Bonchev–Trinajstić information content (AvgIpc) is 3.28. The summed E-state index contributed by atoms with van der Waals surface area (Å²) in [6.45, 7) is 9.10. The minimum atomic E-state index is 0.703. The number of anilines is 1. The molecule has 2 saturated heterocycles. The molecule has 0 amide bonds. The van der Waals surface area contributed by atoms with E-state index in [2.05, 4.69) is 56.5 Å². The summed E-state index contributed by atoms with van der Waals surface area (Å²) >= 11 is 0. The van der Waals surface area contributed by atoms with Gasteiger partial charge in [-0.1, -0.05) is 22.8 Å². The first-order valence-corrected chi connectivity index (χ1v) is 8.70. The van der Waals surface area contributed by atoms with E-state index in [-0.39, 0.29) is 0 Å². The fourth-order valence-corrected chi connectivity index (χ4v) is 3.46. The summed E-state index contributed by atoms with van der Waals surface area (Å²) in [5.41, 5.74) is 2.24. The molecule has 128 valence electrons. The van der Waals surface area contributed by atoms with Crippen LogP contribution in [0.2, 0.25) is 0 Å². The van der Waals surface area contributed by atoms with Crippen molar-refractivity contribution < 1.29 is 4.74 Å². The minimum Gasteiger partial charge on any atom is -0.381 e. The molecule has 3 heterocycles. The maximum Gasteiger partial charge on any atom is 0.250 e. The summed E-state index contributed by atoms with van der Waals surface area (Å²) in [5, 5.41) is 12.3. The Morgan fingerprint density at radius 3 is 2.62 bits per heavy atom. The Morgan fingerprint density at radius 1 is 1.12 bits per heavy atom. The van der Waals surface area contributed by atoms with Gasteiger partial charge < -0.3 is 9.64 Å². The lowest BCUT2D eigenvalue weighted by molar-refractivity contribution is 0.164. The molecule has 2 aliphatic rings. The number of rotatable bonds is 4. The topological polar surface area (TPSA) is 59.3 Å². The third-order valence-corrected chi connectivity index (χ3v) is 4.93. The van der Waals surface area contributed by atoms with Gasteiger partial charge in [-0.05, 0) is 41.8 Å². The highest BCUT2D eigenvalue weighted by molar-refractivity contribution is 5.42. The van der Waals surface area contributed by atoms with E-state index < -0.39 is 0 Å². The molecule has 0 N–H and O–H groups in total. The number of piperazine rings is 1. The fourth-order valence-electron chi connectivity index (χ4n) is 3.46. The van der Waals surface area contributed by atoms with E-state index >= 15 is 0 Å². The third-order valence-electron chi connectivity index (χ3n) is 4.93. The molecule has 0 spiro atoms. The van der Waals surface area contributed by atoms with Crippen molar-refractivity contribution in [3.8, 4) is 5.69 Å². The van der Waals surface area contributed by atoms with Gasteiger partial charge in [0.25, 0.3) is 0 Å². The van der Waals surface area contributed by atoms with Gasteiger partial charge in [-0.25, -0.2) is 0 Å².